The third-order valence-corrected chi connectivity index (χ3v) is 4.14. The van der Waals surface area contributed by atoms with E-state index in [2.05, 4.69) is 15.5 Å². The van der Waals surface area contributed by atoms with E-state index in [1.54, 1.807) is 6.92 Å². The van der Waals surface area contributed by atoms with E-state index in [0.29, 0.717) is 18.3 Å². The van der Waals surface area contributed by atoms with Crippen molar-refractivity contribution in [2.45, 2.75) is 25.8 Å². The fourth-order valence-electron chi connectivity index (χ4n) is 1.67. The van der Waals surface area contributed by atoms with Crippen LogP contribution in [0.15, 0.2) is 4.52 Å². The second kappa shape index (κ2) is 3.80. The average molecular weight is 231 g/mol. The van der Waals surface area contributed by atoms with Crippen LogP contribution in [0.3, 0.4) is 0 Å². The second-order valence-electron chi connectivity index (χ2n) is 3.74. The van der Waals surface area contributed by atoms with Gasteiger partial charge >= 0.3 is 6.01 Å². The lowest BCUT2D eigenvalue weighted by molar-refractivity contribution is 0.420. The number of aromatic nitrogens is 2. The van der Waals surface area contributed by atoms with Gasteiger partial charge in [0.2, 0.25) is 0 Å². The van der Waals surface area contributed by atoms with Crippen LogP contribution in [0.5, 0.6) is 0 Å². The Kier molecular flexibility index (Phi) is 2.64. The van der Waals surface area contributed by atoms with Crippen LogP contribution in [-0.2, 0) is 9.84 Å². The average Bonchev–Trinajstić information content (AvgIpc) is 2.49. The summed E-state index contributed by atoms with van der Waals surface area (Å²) in [6, 6.07) is 0.193. The van der Waals surface area contributed by atoms with Gasteiger partial charge in [-0.05, 0) is 19.8 Å². The molecule has 6 nitrogen and oxygen atoms in total. The number of aryl methyl sites for hydroxylation is 1. The molecule has 0 aliphatic carbocycles. The highest BCUT2D eigenvalue weighted by Gasteiger charge is 2.25. The zero-order valence-electron chi connectivity index (χ0n) is 8.43. The third kappa shape index (κ3) is 2.68. The number of hydrogen-bond acceptors (Lipinski definition) is 6. The van der Waals surface area contributed by atoms with Crippen LogP contribution in [0.25, 0.3) is 0 Å². The van der Waals surface area contributed by atoms with Crippen LogP contribution in [0.1, 0.15) is 18.7 Å². The number of sulfone groups is 1. The fourth-order valence-corrected chi connectivity index (χ4v) is 3.30. The van der Waals surface area contributed by atoms with Gasteiger partial charge in [-0.2, -0.15) is 4.98 Å². The summed E-state index contributed by atoms with van der Waals surface area (Å²) in [5.41, 5.74) is 0. The van der Waals surface area contributed by atoms with Gasteiger partial charge in [-0.25, -0.2) is 8.42 Å². The molecule has 1 aromatic rings. The predicted octanol–water partition coefficient (Wildman–Crippen LogP) is 0.367. The van der Waals surface area contributed by atoms with Gasteiger partial charge in [-0.15, -0.1) is 0 Å². The van der Waals surface area contributed by atoms with Crippen molar-refractivity contribution < 1.29 is 12.9 Å². The molecule has 2 heterocycles. The Labute approximate surface area is 88.0 Å². The minimum absolute atomic E-state index is 0.108. The molecule has 1 N–H and O–H groups in total. The van der Waals surface area contributed by atoms with Crippen LogP contribution in [0.4, 0.5) is 6.01 Å². The van der Waals surface area contributed by atoms with Gasteiger partial charge in [0.25, 0.3) is 0 Å². The van der Waals surface area contributed by atoms with Gasteiger partial charge in [0.15, 0.2) is 15.7 Å². The molecule has 0 radical (unpaired) electrons. The molecule has 1 saturated heterocycles. The van der Waals surface area contributed by atoms with Crippen molar-refractivity contribution in [1.82, 2.24) is 10.1 Å². The number of rotatable bonds is 2. The zero-order chi connectivity index (χ0) is 10.9. The summed E-state index contributed by atoms with van der Waals surface area (Å²) >= 11 is 0. The van der Waals surface area contributed by atoms with Gasteiger partial charge in [0.1, 0.15) is 0 Å². The van der Waals surface area contributed by atoms with E-state index in [1.165, 1.54) is 0 Å². The van der Waals surface area contributed by atoms with Crippen molar-refractivity contribution in [2.75, 3.05) is 16.8 Å². The lowest BCUT2D eigenvalue weighted by Crippen LogP contribution is -2.34. The SMILES string of the molecule is Cc1noc(NC2CCCS(=O)(=O)C2)n1. The van der Waals surface area contributed by atoms with E-state index < -0.39 is 9.84 Å². The summed E-state index contributed by atoms with van der Waals surface area (Å²) in [6.45, 7) is 1.71. The maximum absolute atomic E-state index is 11.3. The Morgan fingerprint density at radius 2 is 2.33 bits per heavy atom. The van der Waals surface area contributed by atoms with Crippen molar-refractivity contribution in [3.8, 4) is 0 Å². The standard InChI is InChI=1S/C8H13N3O3S/c1-6-9-8(14-11-6)10-7-3-2-4-15(12,13)5-7/h7H,2-5H2,1H3,(H,9,10,11). The molecule has 1 atom stereocenters. The smallest absolute Gasteiger partial charge is 0.321 e. The summed E-state index contributed by atoms with van der Waals surface area (Å²) in [5, 5.41) is 6.56. The molecule has 0 saturated carbocycles. The molecule has 0 spiro atoms. The van der Waals surface area contributed by atoms with Gasteiger partial charge in [-0.3, -0.25) is 0 Å². The number of nitrogens with one attached hydrogen (secondary N) is 1. The highest BCUT2D eigenvalue weighted by atomic mass is 32.2. The molecule has 1 aliphatic heterocycles. The molecule has 2 rings (SSSR count). The second-order valence-corrected chi connectivity index (χ2v) is 5.97. The minimum atomic E-state index is -2.90. The quantitative estimate of drug-likeness (QED) is 0.791. The van der Waals surface area contributed by atoms with Gasteiger partial charge < -0.3 is 9.84 Å². The van der Waals surface area contributed by atoms with E-state index in [-0.39, 0.29) is 17.5 Å². The molecule has 7 heteroatoms. The summed E-state index contributed by atoms with van der Waals surface area (Å²) in [6.07, 6.45) is 1.51. The molecule has 1 fully saturated rings. The maximum Gasteiger partial charge on any atom is 0.321 e. The molecule has 0 amide bonds. The largest absolute Gasteiger partial charge is 0.334 e. The van der Waals surface area contributed by atoms with E-state index in [9.17, 15) is 8.42 Å². The summed E-state index contributed by atoms with van der Waals surface area (Å²) in [7, 11) is -2.90. The Hall–Kier alpha value is -1.11. The van der Waals surface area contributed by atoms with E-state index in [4.69, 9.17) is 4.52 Å². The van der Waals surface area contributed by atoms with Crippen LogP contribution in [0, 0.1) is 6.92 Å². The first-order chi connectivity index (χ1) is 7.05. The van der Waals surface area contributed by atoms with Crippen LogP contribution in [0.2, 0.25) is 0 Å². The lowest BCUT2D eigenvalue weighted by Gasteiger charge is -2.21. The Balaban J connectivity index is 2.01. The highest BCUT2D eigenvalue weighted by molar-refractivity contribution is 7.91. The topological polar surface area (TPSA) is 85.1 Å². The molecule has 0 aromatic carbocycles. The molecule has 15 heavy (non-hydrogen) atoms. The first kappa shape index (κ1) is 10.4. The third-order valence-electron chi connectivity index (χ3n) is 2.32. The van der Waals surface area contributed by atoms with E-state index >= 15 is 0 Å². The molecule has 1 aliphatic rings. The first-order valence-corrected chi connectivity index (χ1v) is 6.64. The van der Waals surface area contributed by atoms with Gasteiger partial charge in [0.05, 0.1) is 11.5 Å². The predicted molar refractivity (Wildman–Crippen MR) is 54.3 cm³/mol. The molecular weight excluding hydrogens is 218 g/mol. The first-order valence-electron chi connectivity index (χ1n) is 4.82. The summed E-state index contributed by atoms with van der Waals surface area (Å²) in [4.78, 5) is 3.97. The van der Waals surface area contributed by atoms with Crippen LogP contribution < -0.4 is 5.32 Å². The van der Waals surface area contributed by atoms with Crippen molar-refractivity contribution in [1.29, 1.82) is 0 Å². The van der Waals surface area contributed by atoms with Crippen LogP contribution in [-0.4, -0.2) is 36.1 Å². The molecule has 1 unspecified atom stereocenters. The normalized spacial score (nSPS) is 25.0. The Morgan fingerprint density at radius 1 is 1.53 bits per heavy atom. The molecule has 1 aromatic heterocycles. The fraction of sp³-hybridized carbons (Fsp3) is 0.750. The molecular formula is C8H13N3O3S. The van der Waals surface area contributed by atoms with E-state index in [1.807, 2.05) is 0 Å². The minimum Gasteiger partial charge on any atom is -0.334 e. The van der Waals surface area contributed by atoms with E-state index in [0.717, 1.165) is 6.42 Å². The number of hydrogen-bond donors (Lipinski definition) is 1. The Morgan fingerprint density at radius 3 is 2.93 bits per heavy atom. The summed E-state index contributed by atoms with van der Waals surface area (Å²) < 4.78 is 27.6. The number of anilines is 1. The van der Waals surface area contributed by atoms with Gasteiger partial charge in [0, 0.05) is 6.04 Å². The number of nitrogens with zero attached hydrogens (tertiary/aromatic N) is 2. The van der Waals surface area contributed by atoms with Gasteiger partial charge in [-0.1, -0.05) is 5.16 Å². The maximum atomic E-state index is 11.3. The molecule has 0 bridgehead atoms. The zero-order valence-corrected chi connectivity index (χ0v) is 9.25. The molecule has 84 valence electrons. The summed E-state index contributed by atoms with van der Waals surface area (Å²) in [5.74, 6) is 0.971. The Bertz CT molecular complexity index is 440. The van der Waals surface area contributed by atoms with Crippen molar-refractivity contribution in [3.63, 3.8) is 0 Å². The highest BCUT2D eigenvalue weighted by Crippen LogP contribution is 2.16. The van der Waals surface area contributed by atoms with Crippen molar-refractivity contribution in [2.24, 2.45) is 0 Å². The lowest BCUT2D eigenvalue weighted by atomic mass is 10.2. The monoisotopic (exact) mass is 231 g/mol. The van der Waals surface area contributed by atoms with Crippen LogP contribution >= 0.6 is 0 Å². The van der Waals surface area contributed by atoms with Crippen molar-refractivity contribution >= 4 is 15.9 Å². The van der Waals surface area contributed by atoms with Crippen molar-refractivity contribution in [3.05, 3.63) is 5.82 Å².